The molecule has 1 rings (SSSR count). The minimum atomic E-state index is -0.501. The summed E-state index contributed by atoms with van der Waals surface area (Å²) in [7, 11) is 2.82. The number of rotatable bonds is 4. The molecule has 0 amide bonds. The Morgan fingerprint density at radius 3 is 2.60 bits per heavy atom. The zero-order chi connectivity index (χ0) is 11.3. The van der Waals surface area contributed by atoms with Gasteiger partial charge in [0.15, 0.2) is 11.5 Å². The van der Waals surface area contributed by atoms with Crippen LogP contribution in [0.1, 0.15) is 5.56 Å². The van der Waals surface area contributed by atoms with Crippen molar-refractivity contribution in [1.29, 1.82) is 0 Å². The van der Waals surface area contributed by atoms with E-state index in [9.17, 15) is 4.39 Å². The van der Waals surface area contributed by atoms with Crippen molar-refractivity contribution in [3.05, 3.63) is 29.6 Å². The van der Waals surface area contributed by atoms with E-state index in [2.05, 4.69) is 0 Å². The van der Waals surface area contributed by atoms with Gasteiger partial charge in [-0.15, -0.1) is 0 Å². The molecule has 0 saturated heterocycles. The number of methoxy groups -OCH3 is 2. The summed E-state index contributed by atoms with van der Waals surface area (Å²) in [5.41, 5.74) is 5.96. The van der Waals surface area contributed by atoms with Gasteiger partial charge < -0.3 is 15.2 Å². The fraction of sp³-hybridized carbons (Fsp3) is 0.273. The molecule has 1 aromatic rings. The number of ether oxygens (including phenoxy) is 2. The van der Waals surface area contributed by atoms with Gasteiger partial charge in [0.1, 0.15) is 0 Å². The van der Waals surface area contributed by atoms with Crippen molar-refractivity contribution in [2.75, 3.05) is 20.8 Å². The molecular formula is C11H14FNO2. The van der Waals surface area contributed by atoms with Crippen molar-refractivity contribution in [1.82, 2.24) is 0 Å². The van der Waals surface area contributed by atoms with E-state index < -0.39 is 5.82 Å². The van der Waals surface area contributed by atoms with Crippen molar-refractivity contribution < 1.29 is 13.9 Å². The molecule has 0 heterocycles. The first-order valence-electron chi connectivity index (χ1n) is 4.51. The first kappa shape index (κ1) is 11.5. The normalized spacial score (nSPS) is 10.7. The third-order valence-corrected chi connectivity index (χ3v) is 1.95. The second-order valence-electron chi connectivity index (χ2n) is 2.84. The van der Waals surface area contributed by atoms with Crippen molar-refractivity contribution >= 4 is 6.08 Å². The molecule has 0 spiro atoms. The van der Waals surface area contributed by atoms with Crippen LogP contribution in [0.2, 0.25) is 0 Å². The lowest BCUT2D eigenvalue weighted by atomic mass is 10.1. The summed E-state index contributed by atoms with van der Waals surface area (Å²) in [6, 6.07) is 3.26. The largest absolute Gasteiger partial charge is 0.494 e. The summed E-state index contributed by atoms with van der Waals surface area (Å²) < 4.78 is 23.5. The number of nitrogens with two attached hydrogens (primary N) is 1. The maximum Gasteiger partial charge on any atom is 0.207 e. The highest BCUT2D eigenvalue weighted by Gasteiger charge is 2.12. The molecule has 0 fully saturated rings. The molecule has 0 aliphatic heterocycles. The summed E-state index contributed by atoms with van der Waals surface area (Å²) in [5.74, 6) is -0.171. The minimum absolute atomic E-state index is 0.164. The Hall–Kier alpha value is -1.55. The summed E-state index contributed by atoms with van der Waals surface area (Å²) in [6.07, 6.45) is 3.44. The molecule has 0 aliphatic rings. The Labute approximate surface area is 88.3 Å². The lowest BCUT2D eigenvalue weighted by Crippen LogP contribution is -1.96. The first-order chi connectivity index (χ1) is 7.24. The molecule has 0 saturated carbocycles. The molecule has 0 atom stereocenters. The van der Waals surface area contributed by atoms with Crippen LogP contribution in [0.25, 0.3) is 6.08 Å². The molecule has 0 bridgehead atoms. The van der Waals surface area contributed by atoms with E-state index in [-0.39, 0.29) is 11.5 Å². The average Bonchev–Trinajstić information content (AvgIpc) is 2.26. The SMILES string of the molecule is COc1ccc(/C=C/CN)c(OC)c1F. The van der Waals surface area contributed by atoms with Gasteiger partial charge in [-0.1, -0.05) is 12.2 Å². The van der Waals surface area contributed by atoms with Crippen LogP contribution in [-0.2, 0) is 0 Å². The van der Waals surface area contributed by atoms with Gasteiger partial charge in [-0.2, -0.15) is 4.39 Å². The molecule has 0 radical (unpaired) electrons. The second-order valence-corrected chi connectivity index (χ2v) is 2.84. The molecule has 82 valence electrons. The molecule has 0 unspecified atom stereocenters. The number of hydrogen-bond acceptors (Lipinski definition) is 3. The average molecular weight is 211 g/mol. The van der Waals surface area contributed by atoms with E-state index in [4.69, 9.17) is 15.2 Å². The Bertz CT molecular complexity index is 364. The van der Waals surface area contributed by atoms with E-state index >= 15 is 0 Å². The van der Waals surface area contributed by atoms with Crippen LogP contribution in [0.5, 0.6) is 11.5 Å². The summed E-state index contributed by atoms with van der Waals surface area (Å²) >= 11 is 0. The summed E-state index contributed by atoms with van der Waals surface area (Å²) in [4.78, 5) is 0. The van der Waals surface area contributed by atoms with E-state index in [1.165, 1.54) is 14.2 Å². The van der Waals surface area contributed by atoms with E-state index in [1.54, 1.807) is 24.3 Å². The van der Waals surface area contributed by atoms with E-state index in [0.29, 0.717) is 12.1 Å². The molecular weight excluding hydrogens is 197 g/mol. The first-order valence-corrected chi connectivity index (χ1v) is 4.51. The highest BCUT2D eigenvalue weighted by atomic mass is 19.1. The van der Waals surface area contributed by atoms with Crippen LogP contribution in [0, 0.1) is 5.82 Å². The highest BCUT2D eigenvalue weighted by Crippen LogP contribution is 2.30. The van der Waals surface area contributed by atoms with Gasteiger partial charge in [-0.3, -0.25) is 0 Å². The van der Waals surface area contributed by atoms with E-state index in [0.717, 1.165) is 0 Å². The monoisotopic (exact) mass is 211 g/mol. The molecule has 2 N–H and O–H groups in total. The molecule has 0 aromatic heterocycles. The third-order valence-electron chi connectivity index (χ3n) is 1.95. The van der Waals surface area contributed by atoms with Gasteiger partial charge in [-0.05, 0) is 12.1 Å². The third kappa shape index (κ3) is 2.47. The summed E-state index contributed by atoms with van der Waals surface area (Å²) in [5, 5.41) is 0. The maximum absolute atomic E-state index is 13.6. The van der Waals surface area contributed by atoms with Crippen LogP contribution in [-0.4, -0.2) is 20.8 Å². The van der Waals surface area contributed by atoms with Crippen molar-refractivity contribution in [2.45, 2.75) is 0 Å². The molecule has 0 aliphatic carbocycles. The minimum Gasteiger partial charge on any atom is -0.494 e. The molecule has 1 aromatic carbocycles. The van der Waals surface area contributed by atoms with Gasteiger partial charge in [0.05, 0.1) is 14.2 Å². The van der Waals surface area contributed by atoms with Gasteiger partial charge in [0.25, 0.3) is 0 Å². The predicted molar refractivity (Wildman–Crippen MR) is 57.6 cm³/mol. The standard InChI is InChI=1S/C11H14FNO2/c1-14-9-6-5-8(4-3-7-13)11(15-2)10(9)12/h3-6H,7,13H2,1-2H3/b4-3+. The number of benzene rings is 1. The zero-order valence-electron chi connectivity index (χ0n) is 8.79. The van der Waals surface area contributed by atoms with Gasteiger partial charge in [0, 0.05) is 12.1 Å². The van der Waals surface area contributed by atoms with Crippen LogP contribution in [0.15, 0.2) is 18.2 Å². The fourth-order valence-corrected chi connectivity index (χ4v) is 1.24. The van der Waals surface area contributed by atoms with Crippen molar-refractivity contribution in [2.24, 2.45) is 5.73 Å². The van der Waals surface area contributed by atoms with E-state index in [1.807, 2.05) is 0 Å². The maximum atomic E-state index is 13.6. The van der Waals surface area contributed by atoms with Gasteiger partial charge in [-0.25, -0.2) is 0 Å². The molecule has 4 heteroatoms. The van der Waals surface area contributed by atoms with Crippen LogP contribution in [0.3, 0.4) is 0 Å². The second kappa shape index (κ2) is 5.36. The zero-order valence-corrected chi connectivity index (χ0v) is 8.79. The topological polar surface area (TPSA) is 44.5 Å². The summed E-state index contributed by atoms with van der Waals surface area (Å²) in [6.45, 7) is 0.400. The molecule has 15 heavy (non-hydrogen) atoms. The van der Waals surface area contributed by atoms with Crippen molar-refractivity contribution in [3.8, 4) is 11.5 Å². The Balaban J connectivity index is 3.18. The lowest BCUT2D eigenvalue weighted by molar-refractivity contribution is 0.350. The highest BCUT2D eigenvalue weighted by molar-refractivity contribution is 5.60. The smallest absolute Gasteiger partial charge is 0.207 e. The van der Waals surface area contributed by atoms with Crippen LogP contribution < -0.4 is 15.2 Å². The Morgan fingerprint density at radius 2 is 2.07 bits per heavy atom. The van der Waals surface area contributed by atoms with Gasteiger partial charge in [0.2, 0.25) is 5.82 Å². The van der Waals surface area contributed by atoms with Crippen molar-refractivity contribution in [3.63, 3.8) is 0 Å². The fourth-order valence-electron chi connectivity index (χ4n) is 1.24. The van der Waals surface area contributed by atoms with Crippen LogP contribution >= 0.6 is 0 Å². The lowest BCUT2D eigenvalue weighted by Gasteiger charge is -2.09. The predicted octanol–water partition coefficient (Wildman–Crippen LogP) is 1.81. The number of hydrogen-bond donors (Lipinski definition) is 1. The molecule has 3 nitrogen and oxygen atoms in total. The van der Waals surface area contributed by atoms with Gasteiger partial charge >= 0.3 is 0 Å². The quantitative estimate of drug-likeness (QED) is 0.826. The Morgan fingerprint density at radius 1 is 1.33 bits per heavy atom. The Kier molecular flexibility index (Phi) is 4.12. The number of halogens is 1. The van der Waals surface area contributed by atoms with Crippen LogP contribution in [0.4, 0.5) is 4.39 Å².